The first kappa shape index (κ1) is 16.6. The van der Waals surface area contributed by atoms with Gasteiger partial charge in [-0.05, 0) is 48.2 Å². The van der Waals surface area contributed by atoms with Gasteiger partial charge in [0.25, 0.3) is 0 Å². The van der Waals surface area contributed by atoms with Crippen molar-refractivity contribution >= 4 is 15.7 Å². The number of halogens is 1. The fourth-order valence-electron chi connectivity index (χ4n) is 3.02. The highest BCUT2D eigenvalue weighted by molar-refractivity contribution is 7.91. The van der Waals surface area contributed by atoms with Gasteiger partial charge in [0.15, 0.2) is 9.84 Å². The highest BCUT2D eigenvalue weighted by atomic mass is 32.2. The first-order chi connectivity index (χ1) is 11.5. The Morgan fingerprint density at radius 2 is 1.83 bits per heavy atom. The second-order valence-corrected chi connectivity index (χ2v) is 7.96. The van der Waals surface area contributed by atoms with Crippen LogP contribution >= 0.6 is 0 Å². The number of benzene rings is 2. The van der Waals surface area contributed by atoms with Crippen LogP contribution in [0, 0.1) is 5.82 Å². The zero-order valence-corrected chi connectivity index (χ0v) is 13.9. The molecule has 0 aliphatic heterocycles. The summed E-state index contributed by atoms with van der Waals surface area (Å²) >= 11 is 0. The van der Waals surface area contributed by atoms with Crippen LogP contribution in [0.15, 0.2) is 53.4 Å². The standard InChI is InChI=1S/C18H18FNO3S/c19-14-6-8-15(9-7-14)24(22,23)12-11-20-18(21)17-10-5-13-3-1-2-4-16(13)17/h1-4,6-9,17H,5,10-12H2,(H,20,21). The molecule has 24 heavy (non-hydrogen) atoms. The number of carbonyl (C=O) groups is 1. The van der Waals surface area contributed by atoms with Crippen molar-refractivity contribution in [2.45, 2.75) is 23.7 Å². The number of sulfone groups is 1. The molecule has 0 saturated heterocycles. The molecule has 0 bridgehead atoms. The van der Waals surface area contributed by atoms with E-state index in [0.29, 0.717) is 0 Å². The molecule has 126 valence electrons. The van der Waals surface area contributed by atoms with Crippen LogP contribution in [0.2, 0.25) is 0 Å². The van der Waals surface area contributed by atoms with Gasteiger partial charge in [-0.3, -0.25) is 4.79 Å². The summed E-state index contributed by atoms with van der Waals surface area (Å²) in [6.45, 7) is 0.0389. The SMILES string of the molecule is O=C(NCCS(=O)(=O)c1ccc(F)cc1)C1CCc2ccccc21. The van der Waals surface area contributed by atoms with Crippen LogP contribution in [0.1, 0.15) is 23.5 Å². The molecule has 1 N–H and O–H groups in total. The monoisotopic (exact) mass is 347 g/mol. The second-order valence-electron chi connectivity index (χ2n) is 5.85. The normalized spacial score (nSPS) is 16.6. The third kappa shape index (κ3) is 3.48. The summed E-state index contributed by atoms with van der Waals surface area (Å²) in [7, 11) is -3.54. The fourth-order valence-corrected chi connectivity index (χ4v) is 4.18. The summed E-state index contributed by atoms with van der Waals surface area (Å²) < 4.78 is 37.2. The van der Waals surface area contributed by atoms with E-state index in [-0.39, 0.29) is 29.0 Å². The molecule has 1 aliphatic carbocycles. The lowest BCUT2D eigenvalue weighted by atomic mass is 10.0. The average Bonchev–Trinajstić information content (AvgIpc) is 2.99. The van der Waals surface area contributed by atoms with Crippen molar-refractivity contribution in [2.24, 2.45) is 0 Å². The Hall–Kier alpha value is -2.21. The third-order valence-corrected chi connectivity index (χ3v) is 6.02. The number of nitrogens with one attached hydrogen (secondary N) is 1. The predicted octanol–water partition coefficient (Wildman–Crippen LogP) is 2.45. The van der Waals surface area contributed by atoms with E-state index in [1.807, 2.05) is 24.3 Å². The van der Waals surface area contributed by atoms with Crippen molar-refractivity contribution in [1.82, 2.24) is 5.32 Å². The Bertz CT molecular complexity index is 847. The summed E-state index contributed by atoms with van der Waals surface area (Å²) in [6.07, 6.45) is 1.61. The van der Waals surface area contributed by atoms with E-state index in [0.717, 1.165) is 30.5 Å². The summed E-state index contributed by atoms with van der Waals surface area (Å²) in [4.78, 5) is 12.4. The van der Waals surface area contributed by atoms with Gasteiger partial charge < -0.3 is 5.32 Å². The van der Waals surface area contributed by atoms with Gasteiger partial charge in [0, 0.05) is 6.54 Å². The fraction of sp³-hybridized carbons (Fsp3) is 0.278. The zero-order chi connectivity index (χ0) is 17.2. The minimum absolute atomic E-state index is 0.0389. The lowest BCUT2D eigenvalue weighted by Crippen LogP contribution is -2.32. The van der Waals surface area contributed by atoms with E-state index >= 15 is 0 Å². The molecule has 2 aromatic carbocycles. The molecule has 0 spiro atoms. The van der Waals surface area contributed by atoms with Crippen molar-refractivity contribution in [3.8, 4) is 0 Å². The first-order valence-corrected chi connectivity index (χ1v) is 9.46. The van der Waals surface area contributed by atoms with E-state index in [2.05, 4.69) is 5.32 Å². The number of amides is 1. The largest absolute Gasteiger partial charge is 0.355 e. The quantitative estimate of drug-likeness (QED) is 0.845. The van der Waals surface area contributed by atoms with Gasteiger partial charge in [0.05, 0.1) is 16.6 Å². The van der Waals surface area contributed by atoms with Crippen LogP contribution in [0.3, 0.4) is 0 Å². The minimum Gasteiger partial charge on any atom is -0.355 e. The van der Waals surface area contributed by atoms with Crippen molar-refractivity contribution in [1.29, 1.82) is 0 Å². The highest BCUT2D eigenvalue weighted by Crippen LogP contribution is 2.32. The number of hydrogen-bond donors (Lipinski definition) is 1. The van der Waals surface area contributed by atoms with Gasteiger partial charge in [-0.15, -0.1) is 0 Å². The maximum Gasteiger partial charge on any atom is 0.227 e. The second kappa shape index (κ2) is 6.73. The summed E-state index contributed by atoms with van der Waals surface area (Å²) in [5.74, 6) is -1.05. The van der Waals surface area contributed by atoms with Crippen LogP contribution in [-0.2, 0) is 21.1 Å². The molecular formula is C18H18FNO3S. The molecule has 0 saturated carbocycles. The Morgan fingerprint density at radius 3 is 2.58 bits per heavy atom. The zero-order valence-electron chi connectivity index (χ0n) is 13.0. The highest BCUT2D eigenvalue weighted by Gasteiger charge is 2.28. The first-order valence-electron chi connectivity index (χ1n) is 7.81. The molecule has 0 radical (unpaired) electrons. The molecule has 0 heterocycles. The Morgan fingerprint density at radius 1 is 1.12 bits per heavy atom. The number of fused-ring (bicyclic) bond motifs is 1. The summed E-state index contributed by atoms with van der Waals surface area (Å²) in [5.41, 5.74) is 2.20. The van der Waals surface area contributed by atoms with Crippen molar-refractivity contribution in [3.63, 3.8) is 0 Å². The Balaban J connectivity index is 1.59. The van der Waals surface area contributed by atoms with Crippen molar-refractivity contribution < 1.29 is 17.6 Å². The Kier molecular flexibility index (Phi) is 4.66. The van der Waals surface area contributed by atoms with Crippen LogP contribution in [0.4, 0.5) is 4.39 Å². The van der Waals surface area contributed by atoms with Crippen molar-refractivity contribution in [3.05, 3.63) is 65.5 Å². The number of rotatable bonds is 5. The van der Waals surface area contributed by atoms with E-state index in [4.69, 9.17) is 0 Å². The van der Waals surface area contributed by atoms with E-state index in [1.165, 1.54) is 17.7 Å². The third-order valence-electron chi connectivity index (χ3n) is 4.29. The van der Waals surface area contributed by atoms with Crippen LogP contribution in [-0.4, -0.2) is 26.6 Å². The molecule has 0 fully saturated rings. The minimum atomic E-state index is -3.54. The predicted molar refractivity (Wildman–Crippen MR) is 89.0 cm³/mol. The molecular weight excluding hydrogens is 329 g/mol. The molecule has 4 nitrogen and oxygen atoms in total. The number of hydrogen-bond acceptors (Lipinski definition) is 3. The maximum absolute atomic E-state index is 12.9. The molecule has 1 aliphatic rings. The number of carbonyl (C=O) groups excluding carboxylic acids is 1. The van der Waals surface area contributed by atoms with Gasteiger partial charge in [-0.2, -0.15) is 0 Å². The molecule has 1 amide bonds. The molecule has 3 rings (SSSR count). The molecule has 1 atom stereocenters. The van der Waals surface area contributed by atoms with Gasteiger partial charge in [-0.25, -0.2) is 12.8 Å². The van der Waals surface area contributed by atoms with Gasteiger partial charge in [0.2, 0.25) is 5.91 Å². The number of aryl methyl sites for hydroxylation is 1. The van der Waals surface area contributed by atoms with Gasteiger partial charge in [-0.1, -0.05) is 24.3 Å². The summed E-state index contributed by atoms with van der Waals surface area (Å²) in [5, 5.41) is 2.71. The molecule has 1 unspecified atom stereocenters. The molecule has 6 heteroatoms. The van der Waals surface area contributed by atoms with Crippen LogP contribution in [0.25, 0.3) is 0 Å². The van der Waals surface area contributed by atoms with E-state index < -0.39 is 15.7 Å². The van der Waals surface area contributed by atoms with Crippen LogP contribution in [0.5, 0.6) is 0 Å². The lowest BCUT2D eigenvalue weighted by molar-refractivity contribution is -0.122. The molecule has 2 aromatic rings. The van der Waals surface area contributed by atoms with Gasteiger partial charge >= 0.3 is 0 Å². The van der Waals surface area contributed by atoms with E-state index in [1.54, 1.807) is 0 Å². The van der Waals surface area contributed by atoms with Gasteiger partial charge in [0.1, 0.15) is 5.82 Å². The van der Waals surface area contributed by atoms with Crippen molar-refractivity contribution in [2.75, 3.05) is 12.3 Å². The topological polar surface area (TPSA) is 63.2 Å². The lowest BCUT2D eigenvalue weighted by Gasteiger charge is -2.12. The summed E-state index contributed by atoms with van der Waals surface area (Å²) in [6, 6.07) is 12.5. The maximum atomic E-state index is 12.9. The molecule has 0 aromatic heterocycles. The van der Waals surface area contributed by atoms with E-state index in [9.17, 15) is 17.6 Å². The Labute approximate surface area is 140 Å². The average molecular weight is 347 g/mol. The van der Waals surface area contributed by atoms with Crippen LogP contribution < -0.4 is 5.32 Å². The smallest absolute Gasteiger partial charge is 0.227 e.